The number of hydrogen-bond acceptors (Lipinski definition) is 2. The lowest BCUT2D eigenvalue weighted by Crippen LogP contribution is -2.11. The SMILES string of the molecule is CC(=O)CCCCc1cccc(NC(=O)CCCl)c1. The van der Waals surface area contributed by atoms with Crippen LogP contribution >= 0.6 is 11.6 Å². The second-order valence-electron chi connectivity index (χ2n) is 4.60. The molecule has 0 aliphatic carbocycles. The van der Waals surface area contributed by atoms with Gasteiger partial charge in [-0.3, -0.25) is 4.79 Å². The number of amides is 1. The van der Waals surface area contributed by atoms with Crippen molar-refractivity contribution in [1.29, 1.82) is 0 Å². The van der Waals surface area contributed by atoms with E-state index in [1.807, 2.05) is 24.3 Å². The average Bonchev–Trinajstić information content (AvgIpc) is 2.35. The van der Waals surface area contributed by atoms with Gasteiger partial charge in [-0.1, -0.05) is 12.1 Å². The molecule has 0 radical (unpaired) electrons. The van der Waals surface area contributed by atoms with Crippen molar-refractivity contribution in [2.24, 2.45) is 0 Å². The maximum absolute atomic E-state index is 11.4. The Balaban J connectivity index is 2.43. The average molecular weight is 282 g/mol. The minimum atomic E-state index is -0.0660. The summed E-state index contributed by atoms with van der Waals surface area (Å²) >= 11 is 5.52. The summed E-state index contributed by atoms with van der Waals surface area (Å²) in [5, 5.41) is 2.81. The summed E-state index contributed by atoms with van der Waals surface area (Å²) in [6.45, 7) is 1.62. The number of benzene rings is 1. The van der Waals surface area contributed by atoms with Gasteiger partial charge in [0.15, 0.2) is 0 Å². The van der Waals surface area contributed by atoms with Gasteiger partial charge in [0.1, 0.15) is 5.78 Å². The quantitative estimate of drug-likeness (QED) is 0.585. The third-order valence-corrected chi connectivity index (χ3v) is 2.97. The van der Waals surface area contributed by atoms with E-state index in [1.54, 1.807) is 6.92 Å². The molecule has 0 fully saturated rings. The molecule has 1 N–H and O–H groups in total. The first-order chi connectivity index (χ1) is 9.11. The number of Topliss-reactive ketones (excluding diaryl/α,β-unsaturated/α-hetero) is 1. The van der Waals surface area contributed by atoms with Gasteiger partial charge >= 0.3 is 0 Å². The van der Waals surface area contributed by atoms with Crippen molar-refractivity contribution in [3.05, 3.63) is 29.8 Å². The van der Waals surface area contributed by atoms with Crippen LogP contribution in [-0.4, -0.2) is 17.6 Å². The lowest BCUT2D eigenvalue weighted by atomic mass is 10.1. The molecule has 0 aromatic heterocycles. The molecule has 0 saturated heterocycles. The van der Waals surface area contributed by atoms with E-state index in [9.17, 15) is 9.59 Å². The summed E-state index contributed by atoms with van der Waals surface area (Å²) in [6, 6.07) is 7.80. The molecule has 1 rings (SSSR count). The number of ketones is 1. The van der Waals surface area contributed by atoms with Crippen molar-refractivity contribution >= 4 is 29.0 Å². The topological polar surface area (TPSA) is 46.2 Å². The van der Waals surface area contributed by atoms with E-state index in [0.29, 0.717) is 18.7 Å². The first kappa shape index (κ1) is 15.7. The highest BCUT2D eigenvalue weighted by atomic mass is 35.5. The van der Waals surface area contributed by atoms with Gasteiger partial charge in [-0.25, -0.2) is 0 Å². The zero-order chi connectivity index (χ0) is 14.1. The van der Waals surface area contributed by atoms with Crippen LogP contribution < -0.4 is 5.32 Å². The Bertz CT molecular complexity index is 432. The predicted molar refractivity (Wildman–Crippen MR) is 78.6 cm³/mol. The summed E-state index contributed by atoms with van der Waals surface area (Å²) in [4.78, 5) is 22.3. The first-order valence-corrected chi connectivity index (χ1v) is 7.09. The van der Waals surface area contributed by atoms with Crippen LogP contribution in [0.5, 0.6) is 0 Å². The molecular weight excluding hydrogens is 262 g/mol. The second kappa shape index (κ2) is 8.70. The molecule has 1 aromatic rings. The van der Waals surface area contributed by atoms with Crippen LogP contribution in [0.2, 0.25) is 0 Å². The monoisotopic (exact) mass is 281 g/mol. The Kier molecular flexibility index (Phi) is 7.19. The van der Waals surface area contributed by atoms with Crippen LogP contribution in [0.15, 0.2) is 24.3 Å². The zero-order valence-electron chi connectivity index (χ0n) is 11.2. The van der Waals surface area contributed by atoms with Crippen molar-refractivity contribution in [1.82, 2.24) is 0 Å². The van der Waals surface area contributed by atoms with Crippen molar-refractivity contribution in [2.75, 3.05) is 11.2 Å². The number of carbonyl (C=O) groups is 2. The van der Waals surface area contributed by atoms with E-state index in [1.165, 1.54) is 5.56 Å². The minimum Gasteiger partial charge on any atom is -0.326 e. The number of nitrogens with one attached hydrogen (secondary N) is 1. The number of unbranched alkanes of at least 4 members (excludes halogenated alkanes) is 1. The number of alkyl halides is 1. The molecule has 1 aromatic carbocycles. The summed E-state index contributed by atoms with van der Waals surface area (Å²) < 4.78 is 0. The van der Waals surface area contributed by atoms with Gasteiger partial charge in [-0.2, -0.15) is 0 Å². The molecule has 0 aliphatic heterocycles. The number of anilines is 1. The van der Waals surface area contributed by atoms with Gasteiger partial charge in [0.25, 0.3) is 0 Å². The molecule has 104 valence electrons. The van der Waals surface area contributed by atoms with Crippen LogP contribution in [0.1, 0.15) is 38.2 Å². The Hall–Kier alpha value is -1.35. The molecule has 0 spiro atoms. The number of halogens is 1. The Morgan fingerprint density at radius 1 is 1.21 bits per heavy atom. The van der Waals surface area contributed by atoms with E-state index in [-0.39, 0.29) is 11.7 Å². The summed E-state index contributed by atoms with van der Waals surface area (Å²) in [6.07, 6.45) is 3.79. The maximum Gasteiger partial charge on any atom is 0.225 e. The molecular formula is C15H20ClNO2. The molecule has 0 unspecified atom stereocenters. The van der Waals surface area contributed by atoms with Crippen LogP contribution in [0, 0.1) is 0 Å². The molecule has 19 heavy (non-hydrogen) atoms. The highest BCUT2D eigenvalue weighted by Gasteiger charge is 2.02. The summed E-state index contributed by atoms with van der Waals surface area (Å²) in [5.74, 6) is 0.502. The van der Waals surface area contributed by atoms with E-state index < -0.39 is 0 Å². The third-order valence-electron chi connectivity index (χ3n) is 2.78. The number of carbonyl (C=O) groups excluding carboxylic acids is 2. The van der Waals surface area contributed by atoms with Crippen molar-refractivity contribution in [3.8, 4) is 0 Å². The summed E-state index contributed by atoms with van der Waals surface area (Å²) in [5.41, 5.74) is 1.98. The van der Waals surface area contributed by atoms with Crippen molar-refractivity contribution in [2.45, 2.75) is 39.0 Å². The van der Waals surface area contributed by atoms with Crippen LogP contribution in [0.3, 0.4) is 0 Å². The highest BCUT2D eigenvalue weighted by Crippen LogP contribution is 2.14. The van der Waals surface area contributed by atoms with Gasteiger partial charge in [-0.05, 0) is 43.9 Å². The highest BCUT2D eigenvalue weighted by molar-refractivity contribution is 6.19. The smallest absolute Gasteiger partial charge is 0.225 e. The summed E-state index contributed by atoms with van der Waals surface area (Å²) in [7, 11) is 0. The van der Waals surface area contributed by atoms with Gasteiger partial charge in [0.05, 0.1) is 0 Å². The molecule has 4 heteroatoms. The molecule has 3 nitrogen and oxygen atoms in total. The number of hydrogen-bond donors (Lipinski definition) is 1. The van der Waals surface area contributed by atoms with Crippen LogP contribution in [-0.2, 0) is 16.0 Å². The maximum atomic E-state index is 11.4. The van der Waals surface area contributed by atoms with Crippen molar-refractivity contribution < 1.29 is 9.59 Å². The van der Waals surface area contributed by atoms with Crippen LogP contribution in [0.25, 0.3) is 0 Å². The second-order valence-corrected chi connectivity index (χ2v) is 4.97. The largest absolute Gasteiger partial charge is 0.326 e. The molecule has 0 heterocycles. The fourth-order valence-corrected chi connectivity index (χ4v) is 1.99. The molecule has 0 aliphatic rings. The minimum absolute atomic E-state index is 0.0660. The van der Waals surface area contributed by atoms with E-state index in [0.717, 1.165) is 24.9 Å². The van der Waals surface area contributed by atoms with E-state index in [4.69, 9.17) is 11.6 Å². The lowest BCUT2D eigenvalue weighted by molar-refractivity contribution is -0.117. The van der Waals surface area contributed by atoms with Gasteiger partial charge in [0, 0.05) is 24.4 Å². The fraction of sp³-hybridized carbons (Fsp3) is 0.467. The normalized spacial score (nSPS) is 10.2. The van der Waals surface area contributed by atoms with Gasteiger partial charge < -0.3 is 10.1 Å². The Morgan fingerprint density at radius 3 is 2.68 bits per heavy atom. The first-order valence-electron chi connectivity index (χ1n) is 6.56. The van der Waals surface area contributed by atoms with Crippen molar-refractivity contribution in [3.63, 3.8) is 0 Å². The Morgan fingerprint density at radius 2 is 2.00 bits per heavy atom. The van der Waals surface area contributed by atoms with Gasteiger partial charge in [0.2, 0.25) is 5.91 Å². The molecule has 0 bridgehead atoms. The number of rotatable bonds is 8. The van der Waals surface area contributed by atoms with Crippen LogP contribution in [0.4, 0.5) is 5.69 Å². The third kappa shape index (κ3) is 6.97. The zero-order valence-corrected chi connectivity index (χ0v) is 12.0. The predicted octanol–water partition coefficient (Wildman–Crippen LogP) is 3.56. The van der Waals surface area contributed by atoms with Gasteiger partial charge in [-0.15, -0.1) is 11.6 Å². The Labute approximate surface area is 119 Å². The molecule has 0 atom stereocenters. The fourth-order valence-electron chi connectivity index (χ4n) is 1.82. The standard InChI is InChI=1S/C15H20ClNO2/c1-12(18)5-2-3-6-13-7-4-8-14(11-13)17-15(19)9-10-16/h4,7-8,11H,2-3,5-6,9-10H2,1H3,(H,17,19). The molecule has 0 saturated carbocycles. The van der Waals surface area contributed by atoms with E-state index >= 15 is 0 Å². The van der Waals surface area contributed by atoms with E-state index in [2.05, 4.69) is 5.32 Å². The lowest BCUT2D eigenvalue weighted by Gasteiger charge is -2.06. The number of aryl methyl sites for hydroxylation is 1. The molecule has 1 amide bonds.